The molecule has 0 saturated carbocycles. The number of para-hydroxylation sites is 1. The zero-order valence-corrected chi connectivity index (χ0v) is 17.6. The summed E-state index contributed by atoms with van der Waals surface area (Å²) in [5.74, 6) is 1.84. The number of nitrogens with zero attached hydrogens (tertiary/aromatic N) is 1. The molecule has 2 aromatic carbocycles. The summed E-state index contributed by atoms with van der Waals surface area (Å²) >= 11 is 0. The second kappa shape index (κ2) is 8.39. The van der Waals surface area contributed by atoms with E-state index in [2.05, 4.69) is 4.98 Å². The maximum atomic E-state index is 13.1. The molecule has 0 bridgehead atoms. The number of fused-ring (bicyclic) bond motifs is 1. The van der Waals surface area contributed by atoms with Crippen LogP contribution >= 0.6 is 0 Å². The molecule has 0 aliphatic heterocycles. The van der Waals surface area contributed by atoms with Crippen molar-refractivity contribution in [2.75, 3.05) is 28.4 Å². The fourth-order valence-corrected chi connectivity index (χ4v) is 3.48. The van der Waals surface area contributed by atoms with E-state index in [1.165, 1.54) is 13.4 Å². The largest absolute Gasteiger partial charge is 0.493 e. The first kappa shape index (κ1) is 20.3. The molecule has 4 rings (SSSR count). The molecule has 0 aliphatic carbocycles. The van der Waals surface area contributed by atoms with E-state index in [0.29, 0.717) is 45.2 Å². The van der Waals surface area contributed by atoms with Crippen molar-refractivity contribution in [3.63, 3.8) is 0 Å². The molecule has 2 aromatic heterocycles. The van der Waals surface area contributed by atoms with Gasteiger partial charge in [-0.3, -0.25) is 4.79 Å². The van der Waals surface area contributed by atoms with Crippen molar-refractivity contribution in [3.8, 4) is 45.4 Å². The predicted molar refractivity (Wildman–Crippen MR) is 117 cm³/mol. The lowest BCUT2D eigenvalue weighted by Gasteiger charge is -2.15. The number of rotatable bonds is 6. The van der Waals surface area contributed by atoms with Crippen molar-refractivity contribution in [2.24, 2.45) is 0 Å². The first-order valence-corrected chi connectivity index (χ1v) is 9.46. The zero-order chi connectivity index (χ0) is 22.0. The van der Waals surface area contributed by atoms with Gasteiger partial charge in [0.1, 0.15) is 11.8 Å². The lowest BCUT2D eigenvalue weighted by Crippen LogP contribution is -2.06. The van der Waals surface area contributed by atoms with E-state index in [9.17, 15) is 4.79 Å². The molecule has 0 fully saturated rings. The third-order valence-corrected chi connectivity index (χ3v) is 5.01. The van der Waals surface area contributed by atoms with Crippen LogP contribution in [0.3, 0.4) is 0 Å². The third kappa shape index (κ3) is 3.54. The van der Waals surface area contributed by atoms with Crippen LogP contribution in [0.15, 0.2) is 64.1 Å². The van der Waals surface area contributed by atoms with Crippen molar-refractivity contribution in [1.29, 1.82) is 0 Å². The van der Waals surface area contributed by atoms with Crippen LogP contribution < -0.4 is 24.4 Å². The smallest absolute Gasteiger partial charge is 0.221 e. The molecule has 0 aliphatic rings. The standard InChI is InChI=1S/C24H21NO6/c1-27-20-10-14(11-21(28-2)23(20)29-3)15-9-17(24(30-4)25-12-15)18-13-31-19-8-6-5-7-16(19)22(18)26/h5-13H,1-4H3. The fourth-order valence-electron chi connectivity index (χ4n) is 3.48. The Hall–Kier alpha value is -4.00. The molecule has 0 amide bonds. The number of benzene rings is 2. The molecule has 7 heteroatoms. The summed E-state index contributed by atoms with van der Waals surface area (Å²) in [7, 11) is 6.16. The Morgan fingerprint density at radius 1 is 0.806 bits per heavy atom. The molecule has 4 aromatic rings. The second-order valence-corrected chi connectivity index (χ2v) is 6.67. The summed E-state index contributed by atoms with van der Waals surface area (Å²) in [5.41, 5.74) is 2.75. The van der Waals surface area contributed by atoms with Crippen molar-refractivity contribution >= 4 is 11.0 Å². The van der Waals surface area contributed by atoms with Gasteiger partial charge in [0.05, 0.1) is 45.0 Å². The second-order valence-electron chi connectivity index (χ2n) is 6.67. The summed E-state index contributed by atoms with van der Waals surface area (Å²) in [5, 5.41) is 0.486. The quantitative estimate of drug-likeness (QED) is 0.453. The van der Waals surface area contributed by atoms with E-state index in [0.717, 1.165) is 11.1 Å². The van der Waals surface area contributed by atoms with E-state index >= 15 is 0 Å². The van der Waals surface area contributed by atoms with Gasteiger partial charge in [-0.05, 0) is 35.9 Å². The van der Waals surface area contributed by atoms with Crippen molar-refractivity contribution in [1.82, 2.24) is 4.98 Å². The highest BCUT2D eigenvalue weighted by Crippen LogP contribution is 2.42. The average molecular weight is 419 g/mol. The Morgan fingerprint density at radius 3 is 2.16 bits per heavy atom. The van der Waals surface area contributed by atoms with Gasteiger partial charge >= 0.3 is 0 Å². The van der Waals surface area contributed by atoms with E-state index in [1.807, 2.05) is 24.3 Å². The van der Waals surface area contributed by atoms with Gasteiger partial charge in [-0.15, -0.1) is 0 Å². The minimum absolute atomic E-state index is 0.163. The van der Waals surface area contributed by atoms with Gasteiger partial charge in [-0.1, -0.05) is 12.1 Å². The number of hydrogen-bond donors (Lipinski definition) is 0. The molecule has 0 saturated heterocycles. The van der Waals surface area contributed by atoms with E-state index in [4.69, 9.17) is 23.4 Å². The van der Waals surface area contributed by atoms with Gasteiger partial charge in [0.25, 0.3) is 0 Å². The predicted octanol–water partition coefficient (Wildman–Crippen LogP) is 4.56. The lowest BCUT2D eigenvalue weighted by molar-refractivity contribution is 0.324. The normalized spacial score (nSPS) is 10.7. The van der Waals surface area contributed by atoms with Crippen LogP contribution in [0.4, 0.5) is 0 Å². The molecule has 0 unspecified atom stereocenters. The number of methoxy groups -OCH3 is 4. The Bertz CT molecular complexity index is 1290. The van der Waals surface area contributed by atoms with Crippen LogP contribution in [0.1, 0.15) is 0 Å². The molecular formula is C24H21NO6. The first-order chi connectivity index (χ1) is 15.1. The van der Waals surface area contributed by atoms with Gasteiger partial charge in [0.15, 0.2) is 11.5 Å². The number of aromatic nitrogens is 1. The zero-order valence-electron chi connectivity index (χ0n) is 17.6. The highest BCUT2D eigenvalue weighted by atomic mass is 16.5. The average Bonchev–Trinajstić information content (AvgIpc) is 2.83. The summed E-state index contributed by atoms with van der Waals surface area (Å²) in [6.07, 6.45) is 3.09. The number of pyridine rings is 1. The van der Waals surface area contributed by atoms with E-state index in [1.54, 1.807) is 45.7 Å². The maximum Gasteiger partial charge on any atom is 0.221 e. The Kier molecular flexibility index (Phi) is 5.49. The maximum absolute atomic E-state index is 13.1. The van der Waals surface area contributed by atoms with Crippen LogP contribution in [0, 0.1) is 0 Å². The Balaban J connectivity index is 1.92. The van der Waals surface area contributed by atoms with Crippen molar-refractivity contribution in [2.45, 2.75) is 0 Å². The summed E-state index contributed by atoms with van der Waals surface area (Å²) in [4.78, 5) is 17.5. The minimum atomic E-state index is -0.163. The van der Waals surface area contributed by atoms with Crippen LogP contribution in [-0.2, 0) is 0 Å². The lowest BCUT2D eigenvalue weighted by atomic mass is 10.0. The molecule has 0 radical (unpaired) electrons. The first-order valence-electron chi connectivity index (χ1n) is 9.46. The van der Waals surface area contributed by atoms with Crippen molar-refractivity contribution < 1.29 is 23.4 Å². The van der Waals surface area contributed by atoms with Gasteiger partial charge in [0, 0.05) is 11.8 Å². The number of hydrogen-bond acceptors (Lipinski definition) is 7. The number of ether oxygens (including phenoxy) is 4. The molecule has 2 heterocycles. The van der Waals surface area contributed by atoms with Crippen LogP contribution in [0.2, 0.25) is 0 Å². The van der Waals surface area contributed by atoms with Crippen LogP contribution in [0.25, 0.3) is 33.2 Å². The Morgan fingerprint density at radius 2 is 1.52 bits per heavy atom. The highest BCUT2D eigenvalue weighted by Gasteiger charge is 2.18. The van der Waals surface area contributed by atoms with Gasteiger partial charge in [-0.25, -0.2) is 4.98 Å². The fraction of sp³-hybridized carbons (Fsp3) is 0.167. The van der Waals surface area contributed by atoms with Crippen molar-refractivity contribution in [3.05, 3.63) is 65.1 Å². The molecular weight excluding hydrogens is 398 g/mol. The monoisotopic (exact) mass is 419 g/mol. The highest BCUT2D eigenvalue weighted by molar-refractivity contribution is 5.84. The molecule has 31 heavy (non-hydrogen) atoms. The molecule has 158 valence electrons. The van der Waals surface area contributed by atoms with Crippen LogP contribution in [0.5, 0.6) is 23.1 Å². The molecule has 0 N–H and O–H groups in total. The minimum Gasteiger partial charge on any atom is -0.493 e. The SMILES string of the molecule is COc1cc(-c2cnc(OC)c(-c3coc4ccccc4c3=O)c2)cc(OC)c1OC. The summed E-state index contributed by atoms with van der Waals surface area (Å²) < 4.78 is 27.4. The van der Waals surface area contributed by atoms with Gasteiger partial charge in [0.2, 0.25) is 17.1 Å². The molecule has 0 atom stereocenters. The van der Waals surface area contributed by atoms with Crippen LogP contribution in [-0.4, -0.2) is 33.4 Å². The summed E-state index contributed by atoms with van der Waals surface area (Å²) in [6, 6.07) is 12.6. The van der Waals surface area contributed by atoms with Gasteiger partial charge < -0.3 is 23.4 Å². The Labute approximate surface area is 178 Å². The molecule has 7 nitrogen and oxygen atoms in total. The van der Waals surface area contributed by atoms with E-state index in [-0.39, 0.29) is 5.43 Å². The molecule has 0 spiro atoms. The van der Waals surface area contributed by atoms with Gasteiger partial charge in [-0.2, -0.15) is 0 Å². The van der Waals surface area contributed by atoms with E-state index < -0.39 is 0 Å². The topological polar surface area (TPSA) is 80.0 Å². The third-order valence-electron chi connectivity index (χ3n) is 5.01. The summed E-state index contributed by atoms with van der Waals surface area (Å²) in [6.45, 7) is 0.